The number of aliphatic hydroxyl groups excluding tert-OH is 1. The molecule has 1 unspecified atom stereocenters. The zero-order valence-electron chi connectivity index (χ0n) is 11.7. The van der Waals surface area contributed by atoms with E-state index in [4.69, 9.17) is 14.3 Å². The van der Waals surface area contributed by atoms with Crippen LogP contribution in [0.25, 0.3) is 11.0 Å². The Morgan fingerprint density at radius 1 is 1.50 bits per heavy atom. The minimum absolute atomic E-state index is 0.0484. The van der Waals surface area contributed by atoms with Gasteiger partial charge in [-0.3, -0.25) is 4.79 Å². The lowest BCUT2D eigenvalue weighted by atomic mass is 10.1. The van der Waals surface area contributed by atoms with Crippen LogP contribution in [0.3, 0.4) is 0 Å². The van der Waals surface area contributed by atoms with Crippen molar-refractivity contribution in [3.05, 3.63) is 30.0 Å². The molecule has 1 amide bonds. The van der Waals surface area contributed by atoms with E-state index in [0.717, 1.165) is 11.8 Å². The molecule has 5 nitrogen and oxygen atoms in total. The molecule has 1 heterocycles. The highest BCUT2D eigenvalue weighted by atomic mass is 16.5. The number of rotatable bonds is 6. The lowest BCUT2D eigenvalue weighted by molar-refractivity contribution is 0.0903. The number of furan rings is 1. The first-order chi connectivity index (χ1) is 9.69. The van der Waals surface area contributed by atoms with Crippen LogP contribution in [-0.4, -0.2) is 30.8 Å². The number of nitrogens with one attached hydrogen (secondary N) is 1. The van der Waals surface area contributed by atoms with E-state index < -0.39 is 0 Å². The Morgan fingerprint density at radius 2 is 2.30 bits per heavy atom. The van der Waals surface area contributed by atoms with Crippen molar-refractivity contribution < 1.29 is 19.1 Å². The summed E-state index contributed by atoms with van der Waals surface area (Å²) in [6.45, 7) is 2.01. The number of hydrogen-bond donors (Lipinski definition) is 2. The molecule has 0 aliphatic carbocycles. The number of hydrogen-bond acceptors (Lipinski definition) is 4. The molecule has 2 aromatic rings. The van der Waals surface area contributed by atoms with E-state index in [1.54, 1.807) is 19.2 Å². The van der Waals surface area contributed by atoms with Gasteiger partial charge in [-0.1, -0.05) is 19.1 Å². The molecule has 0 fully saturated rings. The molecular formula is C15H19NO4. The second kappa shape index (κ2) is 6.43. The van der Waals surface area contributed by atoms with Gasteiger partial charge < -0.3 is 19.6 Å². The predicted octanol–water partition coefficient (Wildman–Crippen LogP) is 2.33. The number of methoxy groups -OCH3 is 1. The molecule has 1 atom stereocenters. The SMILES string of the molecule is CCC(CCO)NC(=O)c1cc2cccc(OC)c2o1. The van der Waals surface area contributed by atoms with Gasteiger partial charge in [-0.25, -0.2) is 0 Å². The molecule has 0 spiro atoms. The molecule has 5 heteroatoms. The van der Waals surface area contributed by atoms with E-state index in [-0.39, 0.29) is 24.3 Å². The Balaban J connectivity index is 2.22. The maximum atomic E-state index is 12.1. The van der Waals surface area contributed by atoms with Gasteiger partial charge in [0.05, 0.1) is 7.11 Å². The minimum Gasteiger partial charge on any atom is -0.493 e. The highest BCUT2D eigenvalue weighted by Gasteiger charge is 2.17. The van der Waals surface area contributed by atoms with Crippen LogP contribution in [0.5, 0.6) is 5.75 Å². The number of amides is 1. The van der Waals surface area contributed by atoms with Crippen molar-refractivity contribution in [3.8, 4) is 5.75 Å². The largest absolute Gasteiger partial charge is 0.493 e. The number of benzene rings is 1. The Morgan fingerprint density at radius 3 is 2.95 bits per heavy atom. The van der Waals surface area contributed by atoms with Gasteiger partial charge in [0.15, 0.2) is 17.1 Å². The van der Waals surface area contributed by atoms with E-state index >= 15 is 0 Å². The lowest BCUT2D eigenvalue weighted by Crippen LogP contribution is -2.34. The van der Waals surface area contributed by atoms with E-state index in [1.165, 1.54) is 0 Å². The summed E-state index contributed by atoms with van der Waals surface area (Å²) >= 11 is 0. The quantitative estimate of drug-likeness (QED) is 0.850. The van der Waals surface area contributed by atoms with Crippen LogP contribution in [0.4, 0.5) is 0 Å². The second-order valence-corrected chi connectivity index (χ2v) is 4.58. The van der Waals surface area contributed by atoms with Gasteiger partial charge in [-0.2, -0.15) is 0 Å². The molecule has 1 aromatic carbocycles. The van der Waals surface area contributed by atoms with Crippen molar-refractivity contribution in [1.82, 2.24) is 5.32 Å². The van der Waals surface area contributed by atoms with Gasteiger partial charge in [-0.05, 0) is 25.0 Å². The smallest absolute Gasteiger partial charge is 0.287 e. The normalized spacial score (nSPS) is 12.3. The monoisotopic (exact) mass is 277 g/mol. The molecule has 2 rings (SSSR count). The Bertz CT molecular complexity index is 591. The summed E-state index contributed by atoms with van der Waals surface area (Å²) in [5.41, 5.74) is 0.565. The van der Waals surface area contributed by atoms with Crippen molar-refractivity contribution >= 4 is 16.9 Å². The fraction of sp³-hybridized carbons (Fsp3) is 0.400. The van der Waals surface area contributed by atoms with Crippen molar-refractivity contribution in [2.24, 2.45) is 0 Å². The third-order valence-electron chi connectivity index (χ3n) is 3.26. The summed E-state index contributed by atoms with van der Waals surface area (Å²) < 4.78 is 10.8. The van der Waals surface area contributed by atoms with Crippen LogP contribution in [0, 0.1) is 0 Å². The van der Waals surface area contributed by atoms with Crippen LogP contribution >= 0.6 is 0 Å². The lowest BCUT2D eigenvalue weighted by Gasteiger charge is -2.14. The summed E-state index contributed by atoms with van der Waals surface area (Å²) in [5, 5.41) is 12.6. The molecular weight excluding hydrogens is 258 g/mol. The number of carbonyl (C=O) groups is 1. The van der Waals surface area contributed by atoms with Gasteiger partial charge >= 0.3 is 0 Å². The average Bonchev–Trinajstić information content (AvgIpc) is 2.90. The van der Waals surface area contributed by atoms with Crippen LogP contribution in [0.2, 0.25) is 0 Å². The van der Waals surface area contributed by atoms with E-state index in [1.807, 2.05) is 19.1 Å². The van der Waals surface area contributed by atoms with Gasteiger partial charge in [-0.15, -0.1) is 0 Å². The van der Waals surface area contributed by atoms with Crippen LogP contribution in [0.15, 0.2) is 28.7 Å². The molecule has 1 aromatic heterocycles. The molecule has 108 valence electrons. The second-order valence-electron chi connectivity index (χ2n) is 4.58. The summed E-state index contributed by atoms with van der Waals surface area (Å²) in [5.74, 6) is 0.577. The zero-order chi connectivity index (χ0) is 14.5. The highest BCUT2D eigenvalue weighted by molar-refractivity contribution is 5.97. The number of fused-ring (bicyclic) bond motifs is 1. The van der Waals surface area contributed by atoms with Gasteiger partial charge in [0, 0.05) is 18.0 Å². The fourth-order valence-electron chi connectivity index (χ4n) is 2.10. The number of ether oxygens (including phenoxy) is 1. The molecule has 20 heavy (non-hydrogen) atoms. The molecule has 0 aliphatic rings. The molecule has 0 bridgehead atoms. The minimum atomic E-state index is -0.274. The Kier molecular flexibility index (Phi) is 4.63. The molecule has 0 saturated heterocycles. The number of para-hydroxylation sites is 1. The first-order valence-corrected chi connectivity index (χ1v) is 6.67. The third-order valence-corrected chi connectivity index (χ3v) is 3.26. The maximum Gasteiger partial charge on any atom is 0.287 e. The van der Waals surface area contributed by atoms with Crippen LogP contribution in [-0.2, 0) is 0 Å². The Labute approximate surface area is 117 Å². The van der Waals surface area contributed by atoms with Crippen LogP contribution < -0.4 is 10.1 Å². The van der Waals surface area contributed by atoms with Crippen LogP contribution in [0.1, 0.15) is 30.3 Å². The first kappa shape index (κ1) is 14.4. The summed E-state index contributed by atoms with van der Waals surface area (Å²) in [6.07, 6.45) is 1.29. The van der Waals surface area contributed by atoms with Crippen molar-refractivity contribution in [3.63, 3.8) is 0 Å². The highest BCUT2D eigenvalue weighted by Crippen LogP contribution is 2.28. The standard InChI is InChI=1S/C15H19NO4/c1-3-11(7-8-17)16-15(18)13-9-10-5-4-6-12(19-2)14(10)20-13/h4-6,9,11,17H,3,7-8H2,1-2H3,(H,16,18). The zero-order valence-corrected chi connectivity index (χ0v) is 11.7. The summed E-state index contributed by atoms with van der Waals surface area (Å²) in [7, 11) is 1.56. The summed E-state index contributed by atoms with van der Waals surface area (Å²) in [4.78, 5) is 12.1. The number of aliphatic hydroxyl groups is 1. The molecule has 0 aliphatic heterocycles. The van der Waals surface area contributed by atoms with E-state index in [0.29, 0.717) is 17.8 Å². The first-order valence-electron chi connectivity index (χ1n) is 6.67. The van der Waals surface area contributed by atoms with E-state index in [2.05, 4.69) is 5.32 Å². The maximum absolute atomic E-state index is 12.1. The number of carbonyl (C=O) groups excluding carboxylic acids is 1. The molecule has 2 N–H and O–H groups in total. The van der Waals surface area contributed by atoms with E-state index in [9.17, 15) is 4.79 Å². The summed E-state index contributed by atoms with van der Waals surface area (Å²) in [6, 6.07) is 7.14. The van der Waals surface area contributed by atoms with Crippen molar-refractivity contribution in [1.29, 1.82) is 0 Å². The fourth-order valence-corrected chi connectivity index (χ4v) is 2.10. The van der Waals surface area contributed by atoms with Crippen molar-refractivity contribution in [2.45, 2.75) is 25.8 Å². The van der Waals surface area contributed by atoms with Gasteiger partial charge in [0.1, 0.15) is 0 Å². The molecule has 0 radical (unpaired) electrons. The van der Waals surface area contributed by atoms with Gasteiger partial charge in [0.2, 0.25) is 0 Å². The third kappa shape index (κ3) is 2.93. The topological polar surface area (TPSA) is 71.7 Å². The predicted molar refractivity (Wildman–Crippen MR) is 76.0 cm³/mol. The Hall–Kier alpha value is -2.01. The van der Waals surface area contributed by atoms with Gasteiger partial charge in [0.25, 0.3) is 5.91 Å². The molecule has 0 saturated carbocycles. The average molecular weight is 277 g/mol. The van der Waals surface area contributed by atoms with Crippen molar-refractivity contribution in [2.75, 3.05) is 13.7 Å².